The summed E-state index contributed by atoms with van der Waals surface area (Å²) in [4.78, 5) is 0. The van der Waals surface area contributed by atoms with Crippen molar-refractivity contribution < 1.29 is 13.9 Å². The molecule has 2 nitrogen and oxygen atoms in total. The summed E-state index contributed by atoms with van der Waals surface area (Å²) >= 11 is 5.74. The van der Waals surface area contributed by atoms with Crippen LogP contribution in [0, 0.1) is 11.6 Å². The SMILES string of the molecule is NCC(c1cccc(Cl)c1F)C(O)c1ccc(F)cc1. The highest BCUT2D eigenvalue weighted by atomic mass is 35.5. The van der Waals surface area contributed by atoms with Crippen molar-refractivity contribution in [2.45, 2.75) is 12.0 Å². The lowest BCUT2D eigenvalue weighted by molar-refractivity contribution is 0.145. The monoisotopic (exact) mass is 297 g/mol. The zero-order valence-corrected chi connectivity index (χ0v) is 11.3. The van der Waals surface area contributed by atoms with Crippen molar-refractivity contribution in [1.29, 1.82) is 0 Å². The largest absolute Gasteiger partial charge is 0.388 e. The van der Waals surface area contributed by atoms with Gasteiger partial charge in [-0.05, 0) is 29.3 Å². The molecule has 2 atom stereocenters. The van der Waals surface area contributed by atoms with Gasteiger partial charge >= 0.3 is 0 Å². The van der Waals surface area contributed by atoms with Crippen LogP contribution < -0.4 is 5.73 Å². The number of rotatable bonds is 4. The van der Waals surface area contributed by atoms with Gasteiger partial charge in [-0.15, -0.1) is 0 Å². The van der Waals surface area contributed by atoms with Crippen molar-refractivity contribution in [2.24, 2.45) is 5.73 Å². The molecule has 0 bridgehead atoms. The number of halogens is 3. The third-order valence-electron chi connectivity index (χ3n) is 3.23. The standard InChI is InChI=1S/C15H14ClF2NO/c16-13-3-1-2-11(14(13)18)12(8-19)15(20)9-4-6-10(17)7-5-9/h1-7,12,15,20H,8,19H2. The fourth-order valence-electron chi connectivity index (χ4n) is 2.13. The quantitative estimate of drug-likeness (QED) is 0.908. The lowest BCUT2D eigenvalue weighted by atomic mass is 9.89. The zero-order chi connectivity index (χ0) is 14.7. The van der Waals surface area contributed by atoms with Crippen LogP contribution in [0.15, 0.2) is 42.5 Å². The number of hydrogen-bond acceptors (Lipinski definition) is 2. The van der Waals surface area contributed by atoms with E-state index in [0.717, 1.165) is 0 Å². The molecule has 20 heavy (non-hydrogen) atoms. The smallest absolute Gasteiger partial charge is 0.145 e. The second-order valence-corrected chi connectivity index (χ2v) is 4.89. The van der Waals surface area contributed by atoms with Gasteiger partial charge in [-0.25, -0.2) is 8.78 Å². The van der Waals surface area contributed by atoms with E-state index in [1.54, 1.807) is 6.07 Å². The topological polar surface area (TPSA) is 46.2 Å². The fourth-order valence-corrected chi connectivity index (χ4v) is 2.31. The van der Waals surface area contributed by atoms with Crippen molar-refractivity contribution >= 4 is 11.6 Å². The van der Waals surface area contributed by atoms with E-state index in [1.807, 2.05) is 0 Å². The summed E-state index contributed by atoms with van der Waals surface area (Å²) < 4.78 is 26.9. The number of aliphatic hydroxyl groups is 1. The van der Waals surface area contributed by atoms with Crippen LogP contribution in [0.5, 0.6) is 0 Å². The zero-order valence-electron chi connectivity index (χ0n) is 10.6. The molecule has 0 aliphatic rings. The average molecular weight is 298 g/mol. The maximum absolute atomic E-state index is 14.0. The maximum Gasteiger partial charge on any atom is 0.145 e. The summed E-state index contributed by atoms with van der Waals surface area (Å²) in [6.45, 7) is 0.0375. The Bertz CT molecular complexity index is 589. The molecule has 0 aromatic heterocycles. The highest BCUT2D eigenvalue weighted by molar-refractivity contribution is 6.30. The third kappa shape index (κ3) is 2.98. The Labute approximate surface area is 120 Å². The van der Waals surface area contributed by atoms with Gasteiger partial charge in [0.05, 0.1) is 11.1 Å². The first-order chi connectivity index (χ1) is 9.54. The first kappa shape index (κ1) is 14.9. The van der Waals surface area contributed by atoms with Crippen molar-refractivity contribution in [3.05, 3.63) is 70.2 Å². The van der Waals surface area contributed by atoms with Gasteiger partial charge in [0, 0.05) is 12.5 Å². The molecule has 0 aliphatic heterocycles. The van der Waals surface area contributed by atoms with E-state index in [-0.39, 0.29) is 17.1 Å². The summed E-state index contributed by atoms with van der Waals surface area (Å²) in [6, 6.07) is 9.93. The van der Waals surface area contributed by atoms with Gasteiger partial charge in [-0.1, -0.05) is 35.9 Å². The van der Waals surface area contributed by atoms with Crippen LogP contribution in [0.4, 0.5) is 8.78 Å². The predicted molar refractivity (Wildman–Crippen MR) is 74.6 cm³/mol. The van der Waals surface area contributed by atoms with Crippen LogP contribution >= 0.6 is 11.6 Å². The highest BCUT2D eigenvalue weighted by Gasteiger charge is 2.25. The van der Waals surface area contributed by atoms with Crippen LogP contribution in [0.1, 0.15) is 23.1 Å². The maximum atomic E-state index is 14.0. The van der Waals surface area contributed by atoms with E-state index in [0.29, 0.717) is 5.56 Å². The number of aliphatic hydroxyl groups excluding tert-OH is 1. The average Bonchev–Trinajstić information content (AvgIpc) is 2.45. The summed E-state index contributed by atoms with van der Waals surface area (Å²) in [7, 11) is 0. The fraction of sp³-hybridized carbons (Fsp3) is 0.200. The Kier molecular flexibility index (Phi) is 4.70. The van der Waals surface area contributed by atoms with Gasteiger partial charge < -0.3 is 10.8 Å². The van der Waals surface area contributed by atoms with Crippen molar-refractivity contribution in [2.75, 3.05) is 6.54 Å². The molecule has 0 saturated heterocycles. The van der Waals surface area contributed by atoms with Gasteiger partial charge in [-0.2, -0.15) is 0 Å². The van der Waals surface area contributed by atoms with E-state index < -0.39 is 23.7 Å². The molecule has 2 unspecified atom stereocenters. The van der Waals surface area contributed by atoms with Crippen LogP contribution in [0.3, 0.4) is 0 Å². The molecule has 2 aromatic rings. The lowest BCUT2D eigenvalue weighted by Gasteiger charge is -2.23. The van der Waals surface area contributed by atoms with Gasteiger partial charge in [0.25, 0.3) is 0 Å². The van der Waals surface area contributed by atoms with Gasteiger partial charge in [0.1, 0.15) is 11.6 Å². The Balaban J connectivity index is 2.36. The third-order valence-corrected chi connectivity index (χ3v) is 3.52. The van der Waals surface area contributed by atoms with Crippen molar-refractivity contribution in [3.8, 4) is 0 Å². The molecule has 0 amide bonds. The summed E-state index contributed by atoms with van der Waals surface area (Å²) in [5.41, 5.74) is 6.37. The van der Waals surface area contributed by atoms with E-state index in [1.165, 1.54) is 36.4 Å². The van der Waals surface area contributed by atoms with Crippen LogP contribution in [0.25, 0.3) is 0 Å². The normalized spacial score (nSPS) is 14.1. The molecule has 0 spiro atoms. The van der Waals surface area contributed by atoms with Gasteiger partial charge in [0.2, 0.25) is 0 Å². The minimum absolute atomic E-state index is 0.0211. The molecule has 0 heterocycles. The minimum Gasteiger partial charge on any atom is -0.388 e. The molecule has 5 heteroatoms. The Morgan fingerprint density at radius 3 is 2.35 bits per heavy atom. The molecule has 2 aromatic carbocycles. The van der Waals surface area contributed by atoms with E-state index in [4.69, 9.17) is 17.3 Å². The van der Waals surface area contributed by atoms with Crippen LogP contribution in [-0.4, -0.2) is 11.7 Å². The number of benzene rings is 2. The lowest BCUT2D eigenvalue weighted by Crippen LogP contribution is -2.21. The molecule has 2 rings (SSSR count). The summed E-state index contributed by atoms with van der Waals surface area (Å²) in [5.74, 6) is -1.65. The molecule has 0 saturated carbocycles. The van der Waals surface area contributed by atoms with E-state index in [9.17, 15) is 13.9 Å². The predicted octanol–water partition coefficient (Wildman–Crippen LogP) is 3.39. The minimum atomic E-state index is -1.03. The molecule has 0 fully saturated rings. The van der Waals surface area contributed by atoms with Crippen molar-refractivity contribution in [3.63, 3.8) is 0 Å². The van der Waals surface area contributed by atoms with Gasteiger partial charge in [-0.3, -0.25) is 0 Å². The number of hydrogen-bond donors (Lipinski definition) is 2. The number of nitrogens with two attached hydrogens (primary N) is 1. The van der Waals surface area contributed by atoms with Crippen molar-refractivity contribution in [1.82, 2.24) is 0 Å². The molecular weight excluding hydrogens is 284 g/mol. The molecule has 0 radical (unpaired) electrons. The molecule has 106 valence electrons. The second kappa shape index (κ2) is 6.31. The Morgan fingerprint density at radius 1 is 1.10 bits per heavy atom. The second-order valence-electron chi connectivity index (χ2n) is 4.48. The highest BCUT2D eigenvalue weighted by Crippen LogP contribution is 2.33. The first-order valence-corrected chi connectivity index (χ1v) is 6.50. The molecule has 3 N–H and O–H groups in total. The first-order valence-electron chi connectivity index (χ1n) is 6.12. The Morgan fingerprint density at radius 2 is 1.75 bits per heavy atom. The van der Waals surface area contributed by atoms with E-state index >= 15 is 0 Å². The summed E-state index contributed by atoms with van der Waals surface area (Å²) in [5, 5.41) is 10.3. The van der Waals surface area contributed by atoms with Gasteiger partial charge in [0.15, 0.2) is 0 Å². The molecule has 0 aliphatic carbocycles. The van der Waals surface area contributed by atoms with Crippen LogP contribution in [-0.2, 0) is 0 Å². The summed E-state index contributed by atoms with van der Waals surface area (Å²) in [6.07, 6.45) is -1.03. The molecular formula is C15H14ClF2NO. The van der Waals surface area contributed by atoms with Crippen LogP contribution in [0.2, 0.25) is 5.02 Å². The Hall–Kier alpha value is -1.49. The van der Waals surface area contributed by atoms with E-state index in [2.05, 4.69) is 0 Å².